The number of nitrogens with zero attached hydrogens (tertiary/aromatic N) is 1. The van der Waals surface area contributed by atoms with Crippen LogP contribution < -0.4 is 14.8 Å². The molecule has 1 N–H and O–H groups in total. The summed E-state index contributed by atoms with van der Waals surface area (Å²) in [6.45, 7) is 4.39. The monoisotopic (exact) mass is 494 g/mol. The molecule has 1 atom stereocenters. The number of piperidine rings is 1. The zero-order valence-electron chi connectivity index (χ0n) is 20.8. The van der Waals surface area contributed by atoms with E-state index in [9.17, 15) is 4.79 Å². The summed E-state index contributed by atoms with van der Waals surface area (Å²) in [5.41, 5.74) is 3.82. The van der Waals surface area contributed by atoms with Gasteiger partial charge in [-0.3, -0.25) is 9.69 Å². The number of likely N-dealkylation sites (tertiary alicyclic amines) is 1. The van der Waals surface area contributed by atoms with Crippen molar-refractivity contribution in [1.82, 2.24) is 4.90 Å². The van der Waals surface area contributed by atoms with Gasteiger partial charge in [-0.25, -0.2) is 0 Å². The fraction of sp³-hybridized carbons (Fsp3) is 0.464. The maximum absolute atomic E-state index is 13.1. The van der Waals surface area contributed by atoms with E-state index in [0.717, 1.165) is 53.9 Å². The van der Waals surface area contributed by atoms with Crippen LogP contribution in [0.1, 0.15) is 70.8 Å². The van der Waals surface area contributed by atoms with Crippen molar-refractivity contribution in [2.45, 2.75) is 51.5 Å². The Hall–Kier alpha value is -2.77. The SMILES string of the molecule is COc1ccc(C(c2c(NC(=O)c3ccco3)sc3c2CCCC3)N2CCC(C)CC2)cc1OC. The van der Waals surface area contributed by atoms with Crippen LogP contribution in [-0.4, -0.2) is 38.1 Å². The van der Waals surface area contributed by atoms with E-state index in [1.54, 1.807) is 37.7 Å². The Morgan fingerprint density at radius 3 is 2.60 bits per heavy atom. The Bertz CT molecular complexity index is 1160. The summed E-state index contributed by atoms with van der Waals surface area (Å²) in [6.07, 6.45) is 8.37. The molecule has 1 saturated heterocycles. The molecule has 7 heteroatoms. The quantitative estimate of drug-likeness (QED) is 0.417. The van der Waals surface area contributed by atoms with Crippen LogP contribution in [-0.2, 0) is 12.8 Å². The second-order valence-electron chi connectivity index (χ2n) is 9.62. The fourth-order valence-corrected chi connectivity index (χ4v) is 6.73. The van der Waals surface area contributed by atoms with Crippen molar-refractivity contribution in [2.24, 2.45) is 5.92 Å². The molecule has 3 aromatic rings. The van der Waals surface area contributed by atoms with E-state index in [0.29, 0.717) is 5.76 Å². The van der Waals surface area contributed by atoms with Gasteiger partial charge in [0.1, 0.15) is 5.00 Å². The highest BCUT2D eigenvalue weighted by Gasteiger charge is 2.34. The van der Waals surface area contributed by atoms with Crippen LogP contribution in [0.3, 0.4) is 0 Å². The molecule has 0 spiro atoms. The predicted molar refractivity (Wildman–Crippen MR) is 139 cm³/mol. The zero-order chi connectivity index (χ0) is 24.4. The van der Waals surface area contributed by atoms with Crippen molar-refractivity contribution in [3.8, 4) is 11.5 Å². The minimum atomic E-state index is -0.201. The third kappa shape index (κ3) is 4.84. The molecule has 5 rings (SSSR count). The summed E-state index contributed by atoms with van der Waals surface area (Å²) < 4.78 is 16.6. The van der Waals surface area contributed by atoms with Crippen LogP contribution in [0.4, 0.5) is 5.00 Å². The maximum Gasteiger partial charge on any atom is 0.291 e. The highest BCUT2D eigenvalue weighted by atomic mass is 32.1. The van der Waals surface area contributed by atoms with Crippen LogP contribution in [0.5, 0.6) is 11.5 Å². The number of carbonyl (C=O) groups excluding carboxylic acids is 1. The molecule has 1 fully saturated rings. The van der Waals surface area contributed by atoms with Gasteiger partial charge < -0.3 is 19.2 Å². The molecule has 1 unspecified atom stereocenters. The highest BCUT2D eigenvalue weighted by Crippen LogP contribution is 2.47. The first-order chi connectivity index (χ1) is 17.1. The van der Waals surface area contributed by atoms with Crippen molar-refractivity contribution >= 4 is 22.2 Å². The number of thiophene rings is 1. The largest absolute Gasteiger partial charge is 0.493 e. The minimum Gasteiger partial charge on any atom is -0.493 e. The number of amides is 1. The molecule has 0 radical (unpaired) electrons. The number of aryl methyl sites for hydroxylation is 1. The van der Waals surface area contributed by atoms with Crippen molar-refractivity contribution in [1.29, 1.82) is 0 Å². The molecule has 186 valence electrons. The number of nitrogens with one attached hydrogen (secondary N) is 1. The second-order valence-corrected chi connectivity index (χ2v) is 10.7. The number of rotatable bonds is 7. The van der Waals surface area contributed by atoms with Gasteiger partial charge in [0, 0.05) is 10.4 Å². The molecule has 3 heterocycles. The molecule has 6 nitrogen and oxygen atoms in total. The van der Waals surface area contributed by atoms with Crippen LogP contribution >= 0.6 is 11.3 Å². The molecule has 0 saturated carbocycles. The van der Waals surface area contributed by atoms with Crippen LogP contribution in [0.25, 0.3) is 0 Å². The zero-order valence-corrected chi connectivity index (χ0v) is 21.6. The number of hydrogen-bond acceptors (Lipinski definition) is 6. The topological polar surface area (TPSA) is 63.9 Å². The first-order valence-electron chi connectivity index (χ1n) is 12.5. The lowest BCUT2D eigenvalue weighted by Crippen LogP contribution is -2.37. The Kier molecular flexibility index (Phi) is 7.16. The van der Waals surface area contributed by atoms with E-state index in [2.05, 4.69) is 29.3 Å². The molecule has 2 aromatic heterocycles. The Morgan fingerprint density at radius 1 is 1.11 bits per heavy atom. The summed E-state index contributed by atoms with van der Waals surface area (Å²) in [5, 5.41) is 4.16. The second kappa shape index (κ2) is 10.5. The van der Waals surface area contributed by atoms with Crippen LogP contribution in [0, 0.1) is 5.92 Å². The molecule has 1 aliphatic carbocycles. The van der Waals surface area contributed by atoms with E-state index in [4.69, 9.17) is 13.9 Å². The van der Waals surface area contributed by atoms with Crippen molar-refractivity contribution in [2.75, 3.05) is 32.6 Å². The summed E-state index contributed by atoms with van der Waals surface area (Å²) in [6, 6.07) is 9.74. The third-order valence-electron chi connectivity index (χ3n) is 7.36. The van der Waals surface area contributed by atoms with Gasteiger partial charge in [-0.2, -0.15) is 0 Å². The number of anilines is 1. The average Bonchev–Trinajstić information content (AvgIpc) is 3.54. The predicted octanol–water partition coefficient (Wildman–Crippen LogP) is 6.31. The molecule has 2 aliphatic rings. The minimum absolute atomic E-state index is 0.0345. The molecule has 35 heavy (non-hydrogen) atoms. The van der Waals surface area contributed by atoms with Gasteiger partial charge in [0.15, 0.2) is 17.3 Å². The number of benzene rings is 1. The lowest BCUT2D eigenvalue weighted by molar-refractivity contribution is 0.0996. The van der Waals surface area contributed by atoms with Gasteiger partial charge in [-0.05, 0) is 92.9 Å². The Balaban J connectivity index is 1.62. The molecule has 1 amide bonds. The van der Waals surface area contributed by atoms with Crippen molar-refractivity contribution < 1.29 is 18.7 Å². The summed E-state index contributed by atoms with van der Waals surface area (Å²) in [7, 11) is 3.35. The van der Waals surface area contributed by atoms with E-state index in [1.165, 1.54) is 48.0 Å². The lowest BCUT2D eigenvalue weighted by atomic mass is 9.87. The molecule has 1 aliphatic heterocycles. The summed E-state index contributed by atoms with van der Waals surface area (Å²) >= 11 is 1.74. The maximum atomic E-state index is 13.1. The van der Waals surface area contributed by atoms with Gasteiger partial charge in [0.25, 0.3) is 5.91 Å². The van der Waals surface area contributed by atoms with Crippen molar-refractivity contribution in [3.05, 3.63) is 63.9 Å². The standard InChI is InChI=1S/C28H34N2O4S/c1-18-12-14-30(15-13-18)26(19-10-11-21(32-2)23(17-19)33-3)25-20-7-4-5-9-24(20)35-28(25)29-27(31)22-8-6-16-34-22/h6,8,10-11,16-18,26H,4-5,7,9,12-15H2,1-3H3,(H,29,31). The van der Waals surface area contributed by atoms with Gasteiger partial charge in [-0.1, -0.05) is 13.0 Å². The van der Waals surface area contributed by atoms with E-state index >= 15 is 0 Å². The number of ether oxygens (including phenoxy) is 2. The van der Waals surface area contributed by atoms with E-state index in [-0.39, 0.29) is 11.9 Å². The number of hydrogen-bond donors (Lipinski definition) is 1. The smallest absolute Gasteiger partial charge is 0.291 e. The van der Waals surface area contributed by atoms with Crippen LogP contribution in [0.15, 0.2) is 41.0 Å². The molecule has 1 aromatic carbocycles. The Labute approximate surface area is 211 Å². The van der Waals surface area contributed by atoms with Crippen LogP contribution in [0.2, 0.25) is 0 Å². The average molecular weight is 495 g/mol. The number of methoxy groups -OCH3 is 2. The van der Waals surface area contributed by atoms with E-state index in [1.807, 2.05) is 6.07 Å². The first kappa shape index (κ1) is 23.9. The number of carbonyl (C=O) groups is 1. The normalized spacial score (nSPS) is 17.6. The molecular formula is C28H34N2O4S. The van der Waals surface area contributed by atoms with Gasteiger partial charge in [-0.15, -0.1) is 11.3 Å². The molecule has 0 bridgehead atoms. The van der Waals surface area contributed by atoms with Gasteiger partial charge in [0.05, 0.1) is 26.5 Å². The lowest BCUT2D eigenvalue weighted by Gasteiger charge is -2.38. The number of furan rings is 1. The third-order valence-corrected chi connectivity index (χ3v) is 8.59. The Morgan fingerprint density at radius 2 is 1.89 bits per heavy atom. The number of fused-ring (bicyclic) bond motifs is 1. The van der Waals surface area contributed by atoms with Gasteiger partial charge >= 0.3 is 0 Å². The van der Waals surface area contributed by atoms with Crippen molar-refractivity contribution in [3.63, 3.8) is 0 Å². The molecular weight excluding hydrogens is 460 g/mol. The highest BCUT2D eigenvalue weighted by molar-refractivity contribution is 7.16. The summed E-state index contributed by atoms with van der Waals surface area (Å²) in [4.78, 5) is 17.0. The first-order valence-corrected chi connectivity index (χ1v) is 13.4. The van der Waals surface area contributed by atoms with Gasteiger partial charge in [0.2, 0.25) is 0 Å². The summed E-state index contributed by atoms with van der Waals surface area (Å²) in [5.74, 6) is 2.31. The van der Waals surface area contributed by atoms with E-state index < -0.39 is 0 Å². The fourth-order valence-electron chi connectivity index (χ4n) is 5.41.